The number of anilines is 1. The zero-order chi connectivity index (χ0) is 27.0. The fraction of sp³-hybridized carbons (Fsp3) is 0.250. The summed E-state index contributed by atoms with van der Waals surface area (Å²) in [6.45, 7) is 0.263. The van der Waals surface area contributed by atoms with E-state index in [0.29, 0.717) is 45.8 Å². The number of amides is 1. The van der Waals surface area contributed by atoms with Crippen LogP contribution >= 0.6 is 11.3 Å². The first kappa shape index (κ1) is 27.0. The third-order valence-corrected chi connectivity index (χ3v) is 7.79. The predicted molar refractivity (Wildman–Crippen MR) is 141 cm³/mol. The molecule has 4 rings (SSSR count). The molecule has 38 heavy (non-hydrogen) atoms. The summed E-state index contributed by atoms with van der Waals surface area (Å²) in [6, 6.07) is 10.9. The first-order valence-electron chi connectivity index (χ1n) is 11.3. The molecule has 3 heterocycles. The number of hydrogen-bond acceptors (Lipinski definition) is 12. The van der Waals surface area contributed by atoms with E-state index in [0.717, 1.165) is 11.3 Å². The number of nitrogens with zero attached hydrogens (tertiary/aromatic N) is 5. The summed E-state index contributed by atoms with van der Waals surface area (Å²) in [4.78, 5) is 36.1. The van der Waals surface area contributed by atoms with Crippen LogP contribution in [0.4, 0.5) is 5.13 Å². The van der Waals surface area contributed by atoms with Gasteiger partial charge in [-0.3, -0.25) is 10.1 Å². The molecule has 0 fully saturated rings. The van der Waals surface area contributed by atoms with Crippen LogP contribution in [-0.2, 0) is 30.8 Å². The highest BCUT2D eigenvalue weighted by Crippen LogP contribution is 2.26. The zero-order valence-electron chi connectivity index (χ0n) is 20.5. The molecule has 12 nitrogen and oxygen atoms in total. The van der Waals surface area contributed by atoms with Gasteiger partial charge in [-0.05, 0) is 30.7 Å². The van der Waals surface area contributed by atoms with Crippen LogP contribution in [0.2, 0.25) is 0 Å². The van der Waals surface area contributed by atoms with Gasteiger partial charge in [0.25, 0.3) is 5.91 Å². The summed E-state index contributed by atoms with van der Waals surface area (Å²) in [7, 11) is -0.485. The van der Waals surface area contributed by atoms with Gasteiger partial charge < -0.3 is 14.3 Å². The molecule has 198 valence electrons. The Balaban J connectivity index is 1.57. The lowest BCUT2D eigenvalue weighted by atomic mass is 10.1. The van der Waals surface area contributed by atoms with Crippen molar-refractivity contribution in [3.63, 3.8) is 0 Å². The van der Waals surface area contributed by atoms with E-state index in [4.69, 9.17) is 14.3 Å². The van der Waals surface area contributed by atoms with Crippen molar-refractivity contribution in [2.45, 2.75) is 17.9 Å². The molecule has 0 radical (unpaired) electrons. The number of hydrogen-bond donors (Lipinski definition) is 1. The van der Waals surface area contributed by atoms with Crippen LogP contribution in [-0.4, -0.2) is 66.6 Å². The first-order valence-corrected chi connectivity index (χ1v) is 13.8. The van der Waals surface area contributed by atoms with Crippen LogP contribution in [0, 0.1) is 0 Å². The van der Waals surface area contributed by atoms with E-state index in [1.54, 1.807) is 30.6 Å². The van der Waals surface area contributed by atoms with E-state index in [1.165, 1.54) is 38.5 Å². The number of carbonyl (C=O) groups excluding carboxylic acids is 1. The lowest BCUT2D eigenvalue weighted by molar-refractivity contribution is -0.110. The molecular weight excluding hydrogens is 532 g/mol. The van der Waals surface area contributed by atoms with E-state index >= 15 is 0 Å². The number of thiazole rings is 1. The van der Waals surface area contributed by atoms with E-state index in [2.05, 4.69) is 30.4 Å². The maximum atomic E-state index is 13.2. The van der Waals surface area contributed by atoms with Crippen molar-refractivity contribution in [1.82, 2.24) is 19.9 Å². The molecular formula is C24H24N6O6S2. The minimum Gasteiger partial charge on any atom is -0.481 e. The molecule has 4 aromatic rings. The number of methoxy groups -OCH3 is 2. The molecule has 1 amide bonds. The summed E-state index contributed by atoms with van der Waals surface area (Å²) >= 11 is 1.16. The van der Waals surface area contributed by atoms with Crippen LogP contribution in [0.1, 0.15) is 17.8 Å². The van der Waals surface area contributed by atoms with Gasteiger partial charge >= 0.3 is 0 Å². The van der Waals surface area contributed by atoms with Gasteiger partial charge in [-0.1, -0.05) is 28.6 Å². The Morgan fingerprint density at radius 3 is 2.53 bits per heavy atom. The second-order valence-electron chi connectivity index (χ2n) is 7.72. The van der Waals surface area contributed by atoms with Gasteiger partial charge in [-0.2, -0.15) is 0 Å². The number of ether oxygens (including phenoxy) is 2. The number of fused-ring (bicyclic) bond motifs is 1. The summed E-state index contributed by atoms with van der Waals surface area (Å²) in [5.74, 6) is 0.133. The number of sulfone groups is 1. The standard InChI is InChI=1S/C24H24N6O6S2/c1-34-13-4-14-38(32,33)17-7-5-16(6-8-17)21(30-36-15-19-25-11-3-12-26-19)22(31)29-24-27-18-9-10-20(35-2)28-23(18)37-24/h3,5-12H,4,13-15H2,1-2H3,(H,27,29,31). The zero-order valence-corrected chi connectivity index (χ0v) is 22.2. The SMILES string of the molecule is COCCCS(=O)(=O)c1ccc(C(=NOCc2ncccn2)C(=O)Nc2nc3ccc(OC)nc3s2)cc1. The van der Waals surface area contributed by atoms with Crippen LogP contribution in [0.3, 0.4) is 0 Å². The Hall–Kier alpha value is -4.01. The fourth-order valence-corrected chi connectivity index (χ4v) is 5.35. The molecule has 0 saturated heterocycles. The lowest BCUT2D eigenvalue weighted by Crippen LogP contribution is -2.24. The number of aromatic nitrogens is 4. The van der Waals surface area contributed by atoms with Gasteiger partial charge in [0.05, 0.1) is 17.8 Å². The molecule has 0 aliphatic carbocycles. The highest BCUT2D eigenvalue weighted by Gasteiger charge is 2.20. The highest BCUT2D eigenvalue weighted by molar-refractivity contribution is 7.91. The third kappa shape index (κ3) is 6.85. The van der Waals surface area contributed by atoms with Gasteiger partial charge in [-0.15, -0.1) is 0 Å². The van der Waals surface area contributed by atoms with E-state index in [-0.39, 0.29) is 23.0 Å². The Morgan fingerprint density at radius 2 is 1.82 bits per heavy atom. The monoisotopic (exact) mass is 556 g/mol. The number of rotatable bonds is 12. The quantitative estimate of drug-likeness (QED) is 0.156. The van der Waals surface area contributed by atoms with Crippen molar-refractivity contribution in [2.75, 3.05) is 31.9 Å². The normalized spacial score (nSPS) is 11.9. The number of pyridine rings is 1. The van der Waals surface area contributed by atoms with Crippen LogP contribution < -0.4 is 10.1 Å². The summed E-state index contributed by atoms with van der Waals surface area (Å²) in [5.41, 5.74) is 0.840. The van der Waals surface area contributed by atoms with Crippen LogP contribution in [0.5, 0.6) is 5.88 Å². The summed E-state index contributed by atoms with van der Waals surface area (Å²) < 4.78 is 35.3. The second kappa shape index (κ2) is 12.5. The van der Waals surface area contributed by atoms with Crippen molar-refractivity contribution in [3.8, 4) is 5.88 Å². The maximum absolute atomic E-state index is 13.2. The van der Waals surface area contributed by atoms with Gasteiger partial charge in [0.15, 0.2) is 33.1 Å². The molecule has 0 aliphatic heterocycles. The van der Waals surface area contributed by atoms with Crippen LogP contribution in [0.25, 0.3) is 10.3 Å². The fourth-order valence-electron chi connectivity index (χ4n) is 3.24. The molecule has 14 heteroatoms. The topological polar surface area (TPSA) is 155 Å². The molecule has 0 bridgehead atoms. The number of oxime groups is 1. The van der Waals surface area contributed by atoms with Gasteiger partial charge in [0, 0.05) is 37.7 Å². The van der Waals surface area contributed by atoms with E-state index in [1.807, 2.05) is 0 Å². The van der Waals surface area contributed by atoms with Crippen molar-refractivity contribution in [2.24, 2.45) is 5.16 Å². The van der Waals surface area contributed by atoms with Crippen molar-refractivity contribution >= 4 is 48.3 Å². The maximum Gasteiger partial charge on any atom is 0.280 e. The lowest BCUT2D eigenvalue weighted by Gasteiger charge is -2.09. The third-order valence-electron chi connectivity index (χ3n) is 5.09. The second-order valence-corrected chi connectivity index (χ2v) is 10.8. The Bertz CT molecular complexity index is 1530. The van der Waals surface area contributed by atoms with Crippen LogP contribution in [0.15, 0.2) is 64.9 Å². The minimum atomic E-state index is -3.51. The average Bonchev–Trinajstić information content (AvgIpc) is 3.33. The van der Waals surface area contributed by atoms with Gasteiger partial charge in [0.1, 0.15) is 10.3 Å². The van der Waals surface area contributed by atoms with Crippen molar-refractivity contribution in [1.29, 1.82) is 0 Å². The molecule has 1 N–H and O–H groups in total. The number of carbonyl (C=O) groups is 1. The van der Waals surface area contributed by atoms with Gasteiger partial charge in [-0.25, -0.2) is 28.4 Å². The summed E-state index contributed by atoms with van der Waals surface area (Å²) in [6.07, 6.45) is 3.49. The Kier molecular flexibility index (Phi) is 8.89. The largest absolute Gasteiger partial charge is 0.481 e. The first-order chi connectivity index (χ1) is 18.4. The molecule has 0 saturated carbocycles. The molecule has 0 atom stereocenters. The highest BCUT2D eigenvalue weighted by atomic mass is 32.2. The molecule has 0 aliphatic rings. The molecule has 0 spiro atoms. The molecule has 3 aromatic heterocycles. The van der Waals surface area contributed by atoms with Crippen molar-refractivity contribution in [3.05, 3.63) is 66.2 Å². The minimum absolute atomic E-state index is 0.0573. The molecule has 0 unspecified atom stereocenters. The molecule has 1 aromatic carbocycles. The van der Waals surface area contributed by atoms with E-state index in [9.17, 15) is 13.2 Å². The number of benzene rings is 1. The van der Waals surface area contributed by atoms with Crippen molar-refractivity contribution < 1.29 is 27.5 Å². The van der Waals surface area contributed by atoms with Gasteiger partial charge in [0.2, 0.25) is 5.88 Å². The Labute approximate surface area is 222 Å². The van der Waals surface area contributed by atoms with E-state index < -0.39 is 15.7 Å². The Morgan fingerprint density at radius 1 is 1.05 bits per heavy atom. The average molecular weight is 557 g/mol. The number of nitrogens with one attached hydrogen (secondary N) is 1. The smallest absolute Gasteiger partial charge is 0.280 e. The predicted octanol–water partition coefficient (Wildman–Crippen LogP) is 2.86. The summed E-state index contributed by atoms with van der Waals surface area (Å²) in [5, 5.41) is 7.02.